The Hall–Kier alpha value is -2.66. The maximum Gasteiger partial charge on any atom is 0.270 e. The van der Waals surface area contributed by atoms with Gasteiger partial charge in [0, 0.05) is 35.9 Å². The van der Waals surface area contributed by atoms with Crippen molar-refractivity contribution in [3.05, 3.63) is 75.3 Å². The van der Waals surface area contributed by atoms with Gasteiger partial charge in [-0.2, -0.15) is 0 Å². The monoisotopic (exact) mass is 311 g/mol. The molecule has 5 heteroatoms. The average Bonchev–Trinajstić information content (AvgIpc) is 2.60. The highest BCUT2D eigenvalue weighted by Gasteiger charge is 2.41. The smallest absolute Gasteiger partial charge is 0.270 e. The van der Waals surface area contributed by atoms with Gasteiger partial charge in [-0.1, -0.05) is 37.3 Å². The number of methoxy groups -OCH3 is 1. The van der Waals surface area contributed by atoms with Gasteiger partial charge in [0.05, 0.1) is 4.92 Å². The van der Waals surface area contributed by atoms with Crippen LogP contribution in [0.5, 0.6) is 5.75 Å². The van der Waals surface area contributed by atoms with E-state index >= 15 is 0 Å². The van der Waals surface area contributed by atoms with Gasteiger partial charge in [0.1, 0.15) is 5.75 Å². The summed E-state index contributed by atoms with van der Waals surface area (Å²) in [5.41, 5.74) is 2.54. The standard InChI is InChI=1S/C18H17NO4/c1-3-14-11-13-12-16(19(20)21)9-10-17(13)23-18(14,22-2)15-7-5-4-6-8-15/h4-12H,3H2,1-2H3. The summed E-state index contributed by atoms with van der Waals surface area (Å²) in [6, 6.07) is 14.3. The van der Waals surface area contributed by atoms with Crippen molar-refractivity contribution in [2.75, 3.05) is 7.11 Å². The Labute approximate surface area is 134 Å². The van der Waals surface area contributed by atoms with Crippen LogP contribution < -0.4 is 4.74 Å². The van der Waals surface area contributed by atoms with Crippen LogP contribution >= 0.6 is 0 Å². The number of rotatable bonds is 4. The molecule has 1 heterocycles. The van der Waals surface area contributed by atoms with E-state index in [-0.39, 0.29) is 5.69 Å². The third-order valence-corrected chi connectivity index (χ3v) is 4.03. The Morgan fingerprint density at radius 1 is 1.22 bits per heavy atom. The summed E-state index contributed by atoms with van der Waals surface area (Å²) in [7, 11) is 1.60. The van der Waals surface area contributed by atoms with Crippen molar-refractivity contribution in [2.45, 2.75) is 19.1 Å². The molecule has 1 aliphatic heterocycles. The molecule has 0 N–H and O–H groups in total. The molecule has 23 heavy (non-hydrogen) atoms. The highest BCUT2D eigenvalue weighted by molar-refractivity contribution is 5.67. The third kappa shape index (κ3) is 2.49. The minimum atomic E-state index is -1.00. The molecule has 0 radical (unpaired) electrons. The van der Waals surface area contributed by atoms with Gasteiger partial charge < -0.3 is 9.47 Å². The van der Waals surface area contributed by atoms with Crippen LogP contribution in [0, 0.1) is 10.1 Å². The number of nitro benzene ring substituents is 1. The predicted molar refractivity (Wildman–Crippen MR) is 87.1 cm³/mol. The van der Waals surface area contributed by atoms with Gasteiger partial charge in [-0.05, 0) is 18.6 Å². The first-order valence-electron chi connectivity index (χ1n) is 7.40. The van der Waals surface area contributed by atoms with Crippen molar-refractivity contribution in [3.63, 3.8) is 0 Å². The molecule has 118 valence electrons. The number of non-ortho nitro benzene ring substituents is 1. The molecule has 0 aromatic heterocycles. The van der Waals surface area contributed by atoms with Crippen molar-refractivity contribution in [2.24, 2.45) is 0 Å². The minimum absolute atomic E-state index is 0.0451. The molecule has 2 aromatic rings. The number of ether oxygens (including phenoxy) is 2. The fraction of sp³-hybridized carbons (Fsp3) is 0.222. The van der Waals surface area contributed by atoms with Crippen LogP contribution in [-0.4, -0.2) is 12.0 Å². The van der Waals surface area contributed by atoms with Crippen LogP contribution in [0.1, 0.15) is 24.5 Å². The summed E-state index contributed by atoms with van der Waals surface area (Å²) in [4.78, 5) is 10.6. The second-order valence-corrected chi connectivity index (χ2v) is 5.29. The van der Waals surface area contributed by atoms with Gasteiger partial charge in [-0.3, -0.25) is 10.1 Å². The van der Waals surface area contributed by atoms with E-state index < -0.39 is 10.7 Å². The lowest BCUT2D eigenvalue weighted by Crippen LogP contribution is -2.39. The molecule has 0 amide bonds. The zero-order chi connectivity index (χ0) is 16.4. The van der Waals surface area contributed by atoms with E-state index in [1.54, 1.807) is 13.2 Å². The zero-order valence-corrected chi connectivity index (χ0v) is 13.0. The molecule has 0 saturated carbocycles. The SMILES string of the molecule is CCC1=Cc2cc([N+](=O)[O-])ccc2OC1(OC)c1ccccc1. The van der Waals surface area contributed by atoms with Gasteiger partial charge in [-0.25, -0.2) is 0 Å². The maximum absolute atomic E-state index is 11.0. The normalized spacial score (nSPS) is 19.5. The van der Waals surface area contributed by atoms with Crippen LogP contribution in [0.3, 0.4) is 0 Å². The molecule has 1 aliphatic rings. The molecular formula is C18H17NO4. The number of nitrogens with zero attached hydrogens (tertiary/aromatic N) is 1. The molecule has 1 unspecified atom stereocenters. The van der Waals surface area contributed by atoms with Gasteiger partial charge in [0.25, 0.3) is 11.5 Å². The Balaban J connectivity index is 2.15. The summed E-state index contributed by atoms with van der Waals surface area (Å²) >= 11 is 0. The summed E-state index contributed by atoms with van der Waals surface area (Å²) in [5.74, 6) is -0.433. The molecular weight excluding hydrogens is 294 g/mol. The van der Waals surface area contributed by atoms with Crippen LogP contribution in [0.15, 0.2) is 54.1 Å². The van der Waals surface area contributed by atoms with Crippen molar-refractivity contribution in [1.82, 2.24) is 0 Å². The molecule has 0 aliphatic carbocycles. The van der Waals surface area contributed by atoms with Gasteiger partial charge in [0.15, 0.2) is 0 Å². The number of hydrogen-bond donors (Lipinski definition) is 0. The lowest BCUT2D eigenvalue weighted by Gasteiger charge is -2.38. The van der Waals surface area contributed by atoms with Crippen LogP contribution in [0.4, 0.5) is 5.69 Å². The zero-order valence-electron chi connectivity index (χ0n) is 13.0. The van der Waals surface area contributed by atoms with Crippen molar-refractivity contribution < 1.29 is 14.4 Å². The Kier molecular flexibility index (Phi) is 3.88. The van der Waals surface area contributed by atoms with Crippen molar-refractivity contribution in [3.8, 4) is 5.75 Å². The second kappa shape index (κ2) is 5.85. The van der Waals surface area contributed by atoms with E-state index in [0.717, 1.165) is 11.1 Å². The quantitative estimate of drug-likeness (QED) is 0.624. The first-order chi connectivity index (χ1) is 11.1. The summed E-state index contributed by atoms with van der Waals surface area (Å²) in [6.07, 6.45) is 2.62. The van der Waals surface area contributed by atoms with Crippen molar-refractivity contribution >= 4 is 11.8 Å². The molecule has 5 nitrogen and oxygen atoms in total. The number of fused-ring (bicyclic) bond motifs is 1. The molecule has 0 saturated heterocycles. The summed E-state index contributed by atoms with van der Waals surface area (Å²) in [5, 5.41) is 11.0. The number of nitro groups is 1. The molecule has 0 spiro atoms. The molecule has 0 fully saturated rings. The molecule has 0 bridgehead atoms. The van der Waals surface area contributed by atoms with E-state index in [2.05, 4.69) is 0 Å². The summed E-state index contributed by atoms with van der Waals surface area (Å²) < 4.78 is 12.0. The van der Waals surface area contributed by atoms with Gasteiger partial charge in [0.2, 0.25) is 0 Å². The average molecular weight is 311 g/mol. The van der Waals surface area contributed by atoms with Crippen LogP contribution in [0.2, 0.25) is 0 Å². The van der Waals surface area contributed by atoms with Crippen LogP contribution in [0.25, 0.3) is 6.08 Å². The van der Waals surface area contributed by atoms with Crippen LogP contribution in [-0.2, 0) is 10.5 Å². The second-order valence-electron chi connectivity index (χ2n) is 5.29. The highest BCUT2D eigenvalue weighted by Crippen LogP contribution is 2.44. The lowest BCUT2D eigenvalue weighted by atomic mass is 9.90. The van der Waals surface area contributed by atoms with Gasteiger partial charge in [-0.15, -0.1) is 0 Å². The third-order valence-electron chi connectivity index (χ3n) is 4.03. The minimum Gasteiger partial charge on any atom is -0.453 e. The largest absolute Gasteiger partial charge is 0.453 e. The number of hydrogen-bond acceptors (Lipinski definition) is 4. The Bertz CT molecular complexity index is 770. The number of benzene rings is 2. The summed E-state index contributed by atoms with van der Waals surface area (Å²) in [6.45, 7) is 2.01. The first-order valence-corrected chi connectivity index (χ1v) is 7.40. The molecule has 2 aromatic carbocycles. The highest BCUT2D eigenvalue weighted by atomic mass is 16.7. The first kappa shape index (κ1) is 15.2. The van der Waals surface area contributed by atoms with Crippen molar-refractivity contribution in [1.29, 1.82) is 0 Å². The van der Waals surface area contributed by atoms with E-state index in [9.17, 15) is 10.1 Å². The van der Waals surface area contributed by atoms with E-state index in [1.807, 2.05) is 43.3 Å². The van der Waals surface area contributed by atoms with Gasteiger partial charge >= 0.3 is 0 Å². The maximum atomic E-state index is 11.0. The molecule has 3 rings (SSSR count). The van der Waals surface area contributed by atoms with E-state index in [1.165, 1.54) is 12.1 Å². The topological polar surface area (TPSA) is 61.6 Å². The lowest BCUT2D eigenvalue weighted by molar-refractivity contribution is -0.384. The molecule has 1 atom stereocenters. The fourth-order valence-corrected chi connectivity index (χ4v) is 2.89. The van der Waals surface area contributed by atoms with E-state index in [4.69, 9.17) is 9.47 Å². The Morgan fingerprint density at radius 2 is 1.96 bits per heavy atom. The fourth-order valence-electron chi connectivity index (χ4n) is 2.89. The predicted octanol–water partition coefficient (Wildman–Crippen LogP) is 4.28. The van der Waals surface area contributed by atoms with E-state index in [0.29, 0.717) is 17.7 Å². The Morgan fingerprint density at radius 3 is 2.57 bits per heavy atom.